The second-order valence-electron chi connectivity index (χ2n) is 6.53. The van der Waals surface area contributed by atoms with Crippen LogP contribution in [0.1, 0.15) is 17.5 Å². The van der Waals surface area contributed by atoms with E-state index in [-0.39, 0.29) is 30.4 Å². The quantitative estimate of drug-likeness (QED) is 0.298. The average molecular weight is 464 g/mol. The van der Waals surface area contributed by atoms with Gasteiger partial charge in [0.1, 0.15) is 5.82 Å². The van der Waals surface area contributed by atoms with Gasteiger partial charge in [-0.3, -0.25) is 10.0 Å². The zero-order valence-corrected chi connectivity index (χ0v) is 17.7. The SMILES string of the molecule is Cl.Cl.O=C(NO)/C(F)=C/c1cnc(N[C@]2(Cc3ccccc3)CCNC2)c(Cl)c1. The van der Waals surface area contributed by atoms with Gasteiger partial charge in [-0.1, -0.05) is 41.9 Å². The van der Waals surface area contributed by atoms with Gasteiger partial charge in [0.05, 0.1) is 10.6 Å². The molecule has 4 N–H and O–H groups in total. The van der Waals surface area contributed by atoms with E-state index in [1.165, 1.54) is 23.3 Å². The standard InChI is InChI=1S/C19H20ClFN4O2.2ClH/c20-15-8-14(9-16(21)18(26)25-27)11-23-17(15)24-19(6-7-22-12-19)10-13-4-2-1-3-5-13;;/h1-5,8-9,11,22,27H,6-7,10,12H2,(H,23,24)(H,25,26);2*1H/b16-9-;;/t19-;;/m0../s1. The molecular formula is C19H22Cl3FN4O2. The number of hydrogen-bond donors (Lipinski definition) is 4. The third-order valence-corrected chi connectivity index (χ3v) is 4.77. The molecule has 1 fully saturated rings. The molecule has 0 radical (unpaired) electrons. The number of anilines is 1. The van der Waals surface area contributed by atoms with Gasteiger partial charge in [-0.15, -0.1) is 24.8 Å². The fourth-order valence-corrected chi connectivity index (χ4v) is 3.39. The van der Waals surface area contributed by atoms with Gasteiger partial charge in [0, 0.05) is 12.7 Å². The van der Waals surface area contributed by atoms with Crippen molar-refractivity contribution in [3.05, 3.63) is 64.6 Å². The maximum atomic E-state index is 13.5. The zero-order chi connectivity index (χ0) is 19.3. The van der Waals surface area contributed by atoms with Gasteiger partial charge in [0.15, 0.2) is 5.83 Å². The normalized spacial score (nSPS) is 18.4. The number of halogens is 4. The van der Waals surface area contributed by atoms with Crippen LogP contribution < -0.4 is 16.1 Å². The fraction of sp³-hybridized carbons (Fsp3) is 0.263. The summed E-state index contributed by atoms with van der Waals surface area (Å²) in [5.74, 6) is -1.87. The fourth-order valence-electron chi connectivity index (χ4n) is 3.17. The first kappa shape index (κ1) is 25.1. The zero-order valence-electron chi connectivity index (χ0n) is 15.3. The first-order valence-electron chi connectivity index (χ1n) is 8.51. The Morgan fingerprint density at radius 1 is 1.34 bits per heavy atom. The third-order valence-electron chi connectivity index (χ3n) is 4.49. The van der Waals surface area contributed by atoms with Crippen molar-refractivity contribution in [2.75, 3.05) is 18.4 Å². The number of nitrogens with zero attached hydrogens (tertiary/aromatic N) is 1. The number of hydrogen-bond acceptors (Lipinski definition) is 5. The molecule has 29 heavy (non-hydrogen) atoms. The van der Waals surface area contributed by atoms with Crippen LogP contribution in [0.15, 0.2) is 48.4 Å². The summed E-state index contributed by atoms with van der Waals surface area (Å²) in [4.78, 5) is 15.3. The number of rotatable bonds is 6. The first-order valence-corrected chi connectivity index (χ1v) is 8.89. The highest BCUT2D eigenvalue weighted by atomic mass is 35.5. The molecule has 2 aromatic rings. The number of aromatic nitrogens is 1. The highest BCUT2D eigenvalue weighted by molar-refractivity contribution is 6.33. The maximum Gasteiger partial charge on any atom is 0.303 e. The van der Waals surface area contributed by atoms with Crippen LogP contribution in [0.2, 0.25) is 5.02 Å². The summed E-state index contributed by atoms with van der Waals surface area (Å²) in [5, 5.41) is 15.6. The van der Waals surface area contributed by atoms with Crippen molar-refractivity contribution >= 4 is 54.2 Å². The number of pyridine rings is 1. The lowest BCUT2D eigenvalue weighted by molar-refractivity contribution is -0.126. The van der Waals surface area contributed by atoms with E-state index in [0.717, 1.165) is 32.0 Å². The van der Waals surface area contributed by atoms with Gasteiger partial charge in [-0.25, -0.2) is 14.9 Å². The van der Waals surface area contributed by atoms with Crippen molar-refractivity contribution in [1.82, 2.24) is 15.8 Å². The van der Waals surface area contributed by atoms with Gasteiger partial charge in [-0.05, 0) is 42.7 Å². The van der Waals surface area contributed by atoms with Crippen molar-refractivity contribution in [3.63, 3.8) is 0 Å². The molecule has 2 heterocycles. The Morgan fingerprint density at radius 2 is 2.07 bits per heavy atom. The molecular weight excluding hydrogens is 442 g/mol. The van der Waals surface area contributed by atoms with Gasteiger partial charge < -0.3 is 10.6 Å². The molecule has 1 aliphatic rings. The summed E-state index contributed by atoms with van der Waals surface area (Å²) in [5.41, 5.74) is 2.53. The lowest BCUT2D eigenvalue weighted by Gasteiger charge is -2.31. The van der Waals surface area contributed by atoms with E-state index in [9.17, 15) is 9.18 Å². The molecule has 3 rings (SSSR count). The van der Waals surface area contributed by atoms with Gasteiger partial charge in [0.2, 0.25) is 0 Å². The molecule has 0 spiro atoms. The van der Waals surface area contributed by atoms with Crippen molar-refractivity contribution in [2.24, 2.45) is 0 Å². The minimum Gasteiger partial charge on any atom is -0.362 e. The monoisotopic (exact) mass is 462 g/mol. The Balaban J connectivity index is 0.00000210. The molecule has 1 aliphatic heterocycles. The highest BCUT2D eigenvalue weighted by Crippen LogP contribution is 2.29. The Bertz CT molecular complexity index is 847. The lowest BCUT2D eigenvalue weighted by atomic mass is 9.90. The second kappa shape index (κ2) is 11.3. The summed E-state index contributed by atoms with van der Waals surface area (Å²) in [6.07, 6.45) is 4.08. The van der Waals surface area contributed by atoms with E-state index < -0.39 is 11.7 Å². The molecule has 1 aromatic heterocycles. The largest absolute Gasteiger partial charge is 0.362 e. The Hall–Kier alpha value is -1.90. The van der Waals surface area contributed by atoms with Crippen LogP contribution in [-0.2, 0) is 11.2 Å². The number of benzene rings is 1. The van der Waals surface area contributed by atoms with Crippen LogP contribution in [0.4, 0.5) is 10.2 Å². The Morgan fingerprint density at radius 3 is 2.66 bits per heavy atom. The molecule has 1 atom stereocenters. The van der Waals surface area contributed by atoms with E-state index in [0.29, 0.717) is 16.4 Å². The van der Waals surface area contributed by atoms with E-state index in [4.69, 9.17) is 16.8 Å². The molecule has 1 saturated heterocycles. The molecule has 0 bridgehead atoms. The van der Waals surface area contributed by atoms with E-state index in [1.807, 2.05) is 18.2 Å². The van der Waals surface area contributed by atoms with Crippen molar-refractivity contribution in [2.45, 2.75) is 18.4 Å². The molecule has 10 heteroatoms. The van der Waals surface area contributed by atoms with Crippen LogP contribution in [-0.4, -0.2) is 34.7 Å². The summed E-state index contributed by atoms with van der Waals surface area (Å²) in [7, 11) is 0. The third kappa shape index (κ3) is 6.55. The predicted molar refractivity (Wildman–Crippen MR) is 117 cm³/mol. The first-order chi connectivity index (χ1) is 13.0. The Kier molecular flexibility index (Phi) is 9.82. The van der Waals surface area contributed by atoms with Gasteiger partial charge in [-0.2, -0.15) is 0 Å². The molecule has 1 amide bonds. The molecule has 0 aliphatic carbocycles. The van der Waals surface area contributed by atoms with Crippen LogP contribution in [0.25, 0.3) is 6.08 Å². The molecule has 1 aromatic carbocycles. The van der Waals surface area contributed by atoms with Crippen LogP contribution in [0.5, 0.6) is 0 Å². The number of hydroxylamine groups is 1. The van der Waals surface area contributed by atoms with Crippen LogP contribution in [0.3, 0.4) is 0 Å². The molecule has 6 nitrogen and oxygen atoms in total. The highest BCUT2D eigenvalue weighted by Gasteiger charge is 2.34. The van der Waals surface area contributed by atoms with Crippen molar-refractivity contribution in [1.29, 1.82) is 0 Å². The summed E-state index contributed by atoms with van der Waals surface area (Å²) < 4.78 is 13.5. The van der Waals surface area contributed by atoms with Crippen molar-refractivity contribution in [3.8, 4) is 0 Å². The van der Waals surface area contributed by atoms with Gasteiger partial charge >= 0.3 is 5.91 Å². The van der Waals surface area contributed by atoms with E-state index in [1.54, 1.807) is 0 Å². The topological polar surface area (TPSA) is 86.3 Å². The summed E-state index contributed by atoms with van der Waals surface area (Å²) in [6, 6.07) is 11.7. The number of nitrogens with one attached hydrogen (secondary N) is 3. The maximum absolute atomic E-state index is 13.5. The van der Waals surface area contributed by atoms with Crippen molar-refractivity contribution < 1.29 is 14.4 Å². The van der Waals surface area contributed by atoms with Crippen LogP contribution >= 0.6 is 36.4 Å². The molecule has 0 saturated carbocycles. The lowest BCUT2D eigenvalue weighted by Crippen LogP contribution is -2.43. The number of carbonyl (C=O) groups excluding carboxylic acids is 1. The van der Waals surface area contributed by atoms with Gasteiger partial charge in [0.25, 0.3) is 0 Å². The molecule has 0 unspecified atom stereocenters. The summed E-state index contributed by atoms with van der Waals surface area (Å²) in [6.45, 7) is 1.66. The summed E-state index contributed by atoms with van der Waals surface area (Å²) >= 11 is 6.32. The minimum absolute atomic E-state index is 0. The van der Waals surface area contributed by atoms with E-state index in [2.05, 4.69) is 27.8 Å². The molecule has 158 valence electrons. The number of amides is 1. The predicted octanol–water partition coefficient (Wildman–Crippen LogP) is 3.78. The second-order valence-corrected chi connectivity index (χ2v) is 6.93. The average Bonchev–Trinajstić information content (AvgIpc) is 3.12. The van der Waals surface area contributed by atoms with Crippen LogP contribution in [0, 0.1) is 0 Å². The smallest absolute Gasteiger partial charge is 0.303 e. The number of carbonyl (C=O) groups is 1. The Labute approximate surface area is 185 Å². The van der Waals surface area contributed by atoms with E-state index >= 15 is 0 Å². The minimum atomic E-state index is -1.23.